The summed E-state index contributed by atoms with van der Waals surface area (Å²) in [5.41, 5.74) is 1.01. The van der Waals surface area contributed by atoms with Gasteiger partial charge in [-0.15, -0.1) is 10.2 Å². The molecule has 1 aliphatic rings. The van der Waals surface area contributed by atoms with Crippen molar-refractivity contribution in [1.82, 2.24) is 20.1 Å². The van der Waals surface area contributed by atoms with E-state index in [0.717, 1.165) is 18.1 Å². The van der Waals surface area contributed by atoms with Crippen LogP contribution < -0.4 is 5.32 Å². The van der Waals surface area contributed by atoms with Gasteiger partial charge >= 0.3 is 0 Å². The van der Waals surface area contributed by atoms with Crippen molar-refractivity contribution in [3.8, 4) is 5.69 Å². The van der Waals surface area contributed by atoms with E-state index in [0.29, 0.717) is 12.5 Å². The van der Waals surface area contributed by atoms with Gasteiger partial charge in [-0.3, -0.25) is 4.57 Å². The number of nitrogens with zero attached hydrogens (tertiary/aromatic N) is 3. The van der Waals surface area contributed by atoms with Crippen LogP contribution in [0.4, 0.5) is 0 Å². The summed E-state index contributed by atoms with van der Waals surface area (Å²) in [6.07, 6.45) is 4.29. The Kier molecular flexibility index (Phi) is 4.03. The Balaban J connectivity index is 1.63. The average Bonchev–Trinajstić information content (AvgIpc) is 3.28. The third kappa shape index (κ3) is 3.14. The molecular formula is C16H22N4O. The predicted molar refractivity (Wildman–Crippen MR) is 81.2 cm³/mol. The molecule has 1 N–H and O–H groups in total. The normalized spacial score (nSPS) is 17.6. The molecule has 1 aromatic heterocycles. The molecule has 1 atom stereocenters. The second kappa shape index (κ2) is 5.95. The van der Waals surface area contributed by atoms with Crippen molar-refractivity contribution < 1.29 is 4.74 Å². The molecule has 0 bridgehead atoms. The molecule has 0 saturated heterocycles. The maximum atomic E-state index is 5.69. The molecule has 0 radical (unpaired) electrons. The fourth-order valence-corrected chi connectivity index (χ4v) is 2.68. The molecule has 1 unspecified atom stereocenters. The van der Waals surface area contributed by atoms with Gasteiger partial charge in [-0.05, 0) is 37.8 Å². The second-order valence-corrected chi connectivity index (χ2v) is 5.85. The number of hydrogen-bond acceptors (Lipinski definition) is 4. The quantitative estimate of drug-likeness (QED) is 0.847. The fourth-order valence-electron chi connectivity index (χ4n) is 2.68. The topological polar surface area (TPSA) is 52.0 Å². The first-order valence-corrected chi connectivity index (χ1v) is 7.43. The summed E-state index contributed by atoms with van der Waals surface area (Å²) in [7, 11) is 1.80. The molecule has 112 valence electrons. The Labute approximate surface area is 125 Å². The Bertz CT molecular complexity index is 579. The molecule has 5 heteroatoms. The minimum Gasteiger partial charge on any atom is -0.377 e. The number of aromatic nitrogens is 3. The van der Waals surface area contributed by atoms with Crippen molar-refractivity contribution in [3.63, 3.8) is 0 Å². The van der Waals surface area contributed by atoms with Gasteiger partial charge in [0.15, 0.2) is 5.82 Å². The van der Waals surface area contributed by atoms with Crippen LogP contribution in [0.25, 0.3) is 5.69 Å². The Hall–Kier alpha value is -1.72. The van der Waals surface area contributed by atoms with Gasteiger partial charge in [0.05, 0.1) is 12.1 Å². The first kappa shape index (κ1) is 14.2. The fraction of sp³-hybridized carbons (Fsp3) is 0.500. The van der Waals surface area contributed by atoms with Crippen LogP contribution in [-0.4, -0.2) is 34.0 Å². The third-order valence-corrected chi connectivity index (χ3v) is 4.32. The Morgan fingerprint density at radius 1 is 1.33 bits per heavy atom. The van der Waals surface area contributed by atoms with Crippen LogP contribution >= 0.6 is 0 Å². The summed E-state index contributed by atoms with van der Waals surface area (Å²) < 4.78 is 7.70. The maximum Gasteiger partial charge on any atom is 0.151 e. The van der Waals surface area contributed by atoms with Crippen LogP contribution in [0, 0.1) is 5.92 Å². The van der Waals surface area contributed by atoms with Gasteiger partial charge in [-0.25, -0.2) is 0 Å². The van der Waals surface area contributed by atoms with Gasteiger partial charge < -0.3 is 10.1 Å². The molecule has 5 nitrogen and oxygen atoms in total. The Morgan fingerprint density at radius 3 is 2.76 bits per heavy atom. The van der Waals surface area contributed by atoms with E-state index in [1.807, 2.05) is 22.8 Å². The van der Waals surface area contributed by atoms with Crippen molar-refractivity contribution in [1.29, 1.82) is 0 Å². The van der Waals surface area contributed by atoms with Crippen molar-refractivity contribution in [2.75, 3.05) is 13.7 Å². The monoisotopic (exact) mass is 286 g/mol. The maximum absolute atomic E-state index is 5.69. The van der Waals surface area contributed by atoms with Crippen LogP contribution in [0.1, 0.15) is 25.6 Å². The zero-order valence-electron chi connectivity index (χ0n) is 12.6. The lowest BCUT2D eigenvalue weighted by Gasteiger charge is -2.28. The summed E-state index contributed by atoms with van der Waals surface area (Å²) in [5.74, 6) is 1.59. The van der Waals surface area contributed by atoms with E-state index < -0.39 is 0 Å². The highest BCUT2D eigenvalue weighted by Gasteiger charge is 2.41. The molecule has 1 heterocycles. The third-order valence-electron chi connectivity index (χ3n) is 4.32. The van der Waals surface area contributed by atoms with Crippen LogP contribution in [0.15, 0.2) is 36.7 Å². The number of hydrogen-bond donors (Lipinski definition) is 1. The smallest absolute Gasteiger partial charge is 0.151 e. The highest BCUT2D eigenvalue weighted by atomic mass is 16.5. The van der Waals surface area contributed by atoms with Crippen LogP contribution in [-0.2, 0) is 11.3 Å². The van der Waals surface area contributed by atoms with Crippen LogP contribution in [0.5, 0.6) is 0 Å². The van der Waals surface area contributed by atoms with E-state index in [1.165, 1.54) is 12.8 Å². The van der Waals surface area contributed by atoms with Crippen LogP contribution in [0.2, 0.25) is 0 Å². The van der Waals surface area contributed by atoms with Gasteiger partial charge in [-0.2, -0.15) is 0 Å². The lowest BCUT2D eigenvalue weighted by molar-refractivity contribution is -0.0124. The summed E-state index contributed by atoms with van der Waals surface area (Å²) >= 11 is 0. The average molecular weight is 286 g/mol. The van der Waals surface area contributed by atoms with E-state index in [1.54, 1.807) is 13.4 Å². The number of ether oxygens (including phenoxy) is 1. The summed E-state index contributed by atoms with van der Waals surface area (Å²) in [5, 5.41) is 11.7. The Morgan fingerprint density at radius 2 is 2.10 bits per heavy atom. The van der Waals surface area contributed by atoms with Gasteiger partial charge in [0.2, 0.25) is 0 Å². The standard InChI is InChI=1S/C16H22N4O/c1-16(21-2,13-8-9-13)11-17-10-15-19-18-12-20(15)14-6-4-3-5-7-14/h3-7,12-13,17H,8-11H2,1-2H3. The molecule has 0 spiro atoms. The van der Waals surface area contributed by atoms with Gasteiger partial charge in [0, 0.05) is 19.3 Å². The van der Waals surface area contributed by atoms with Crippen molar-refractivity contribution >= 4 is 0 Å². The lowest BCUT2D eigenvalue weighted by Crippen LogP contribution is -2.41. The second-order valence-electron chi connectivity index (χ2n) is 5.85. The molecule has 21 heavy (non-hydrogen) atoms. The molecule has 1 aromatic carbocycles. The molecule has 1 fully saturated rings. The predicted octanol–water partition coefficient (Wildman–Crippen LogP) is 2.17. The molecule has 2 aromatic rings. The van der Waals surface area contributed by atoms with E-state index in [2.05, 4.69) is 34.6 Å². The van der Waals surface area contributed by atoms with Gasteiger partial charge in [-0.1, -0.05) is 18.2 Å². The first-order valence-electron chi connectivity index (χ1n) is 7.43. The van der Waals surface area contributed by atoms with Gasteiger partial charge in [0.25, 0.3) is 0 Å². The summed E-state index contributed by atoms with van der Waals surface area (Å²) in [4.78, 5) is 0. The molecular weight excluding hydrogens is 264 g/mol. The van der Waals surface area contributed by atoms with Crippen molar-refractivity contribution in [2.24, 2.45) is 5.92 Å². The van der Waals surface area contributed by atoms with Crippen molar-refractivity contribution in [3.05, 3.63) is 42.5 Å². The minimum absolute atomic E-state index is 0.0718. The van der Waals surface area contributed by atoms with Gasteiger partial charge in [0.1, 0.15) is 6.33 Å². The largest absolute Gasteiger partial charge is 0.377 e. The molecule has 3 rings (SSSR count). The number of benzene rings is 1. The van der Waals surface area contributed by atoms with Crippen molar-refractivity contribution in [2.45, 2.75) is 31.9 Å². The zero-order valence-corrected chi connectivity index (χ0v) is 12.6. The highest BCUT2D eigenvalue weighted by molar-refractivity contribution is 5.31. The SMILES string of the molecule is COC(C)(CNCc1nncn1-c1ccccc1)C1CC1. The molecule has 0 amide bonds. The number of para-hydroxylation sites is 1. The highest BCUT2D eigenvalue weighted by Crippen LogP contribution is 2.41. The first-order chi connectivity index (χ1) is 10.2. The molecule has 1 aliphatic carbocycles. The van der Waals surface area contributed by atoms with Crippen LogP contribution in [0.3, 0.4) is 0 Å². The number of rotatable bonds is 7. The van der Waals surface area contributed by atoms with E-state index in [4.69, 9.17) is 4.74 Å². The van der Waals surface area contributed by atoms with E-state index >= 15 is 0 Å². The van der Waals surface area contributed by atoms with E-state index in [-0.39, 0.29) is 5.60 Å². The lowest BCUT2D eigenvalue weighted by atomic mass is 10.0. The zero-order chi connectivity index (χ0) is 14.7. The number of methoxy groups -OCH3 is 1. The summed E-state index contributed by atoms with van der Waals surface area (Å²) in [6.45, 7) is 3.69. The summed E-state index contributed by atoms with van der Waals surface area (Å²) in [6, 6.07) is 10.1. The minimum atomic E-state index is -0.0718. The van der Waals surface area contributed by atoms with E-state index in [9.17, 15) is 0 Å². The number of nitrogens with one attached hydrogen (secondary N) is 1. The molecule has 0 aliphatic heterocycles. The molecule has 1 saturated carbocycles.